The highest BCUT2D eigenvalue weighted by molar-refractivity contribution is 5.84. The Morgan fingerprint density at radius 2 is 2.12 bits per heavy atom. The zero-order valence-corrected chi connectivity index (χ0v) is 15.2. The molecule has 130 valence electrons. The maximum atomic E-state index is 12.3. The molecule has 2 aliphatic carbocycles. The molecule has 1 N–H and O–H groups in total. The van der Waals surface area contributed by atoms with Gasteiger partial charge in [-0.15, -0.1) is 0 Å². The molecule has 0 aliphatic heterocycles. The van der Waals surface area contributed by atoms with Crippen molar-refractivity contribution in [3.63, 3.8) is 0 Å². The van der Waals surface area contributed by atoms with Gasteiger partial charge in [0.15, 0.2) is 6.29 Å². The van der Waals surface area contributed by atoms with Crippen LogP contribution >= 0.6 is 0 Å². The van der Waals surface area contributed by atoms with Gasteiger partial charge >= 0.3 is 0 Å². The van der Waals surface area contributed by atoms with Crippen molar-refractivity contribution in [3.8, 4) is 5.75 Å². The van der Waals surface area contributed by atoms with Gasteiger partial charge < -0.3 is 5.11 Å². The predicted molar refractivity (Wildman–Crippen MR) is 94.6 cm³/mol. The first-order valence-corrected chi connectivity index (χ1v) is 9.16. The first kappa shape index (κ1) is 17.2. The minimum absolute atomic E-state index is 0.138. The van der Waals surface area contributed by atoms with Gasteiger partial charge in [-0.3, -0.25) is 9.59 Å². The molecule has 1 fully saturated rings. The van der Waals surface area contributed by atoms with Gasteiger partial charge in [-0.25, -0.2) is 0 Å². The number of phenols is 1. The molecular weight excluding hydrogens is 300 g/mol. The number of ketones is 1. The second-order valence-electron chi connectivity index (χ2n) is 7.98. The standard InChI is InChI=1S/C21H28O3/c1-5-19-16-7-6-14-17(10-12(2)20(24)18(14)11-22)15(16)8-9-21(19,4)13(3)23/h10-11,15-16,19,24H,5-9H2,1-4H3. The van der Waals surface area contributed by atoms with Crippen LogP contribution in [0.2, 0.25) is 0 Å². The number of fused-ring (bicyclic) bond motifs is 3. The predicted octanol–water partition coefficient (Wildman–Crippen LogP) is 4.57. The second kappa shape index (κ2) is 6.02. The summed E-state index contributed by atoms with van der Waals surface area (Å²) in [7, 11) is 0. The molecule has 0 bridgehead atoms. The van der Waals surface area contributed by atoms with Crippen LogP contribution in [0.3, 0.4) is 0 Å². The van der Waals surface area contributed by atoms with Crippen molar-refractivity contribution in [2.24, 2.45) is 17.3 Å². The van der Waals surface area contributed by atoms with Gasteiger partial charge in [0.1, 0.15) is 11.5 Å². The number of Topliss-reactive ketones (excluding diaryl/α,β-unsaturated/α-hetero) is 1. The van der Waals surface area contributed by atoms with Crippen molar-refractivity contribution < 1.29 is 14.7 Å². The molecule has 1 aromatic carbocycles. The van der Waals surface area contributed by atoms with Crippen molar-refractivity contribution in [2.75, 3.05) is 0 Å². The first-order chi connectivity index (χ1) is 11.3. The van der Waals surface area contributed by atoms with Crippen molar-refractivity contribution >= 4 is 12.1 Å². The summed E-state index contributed by atoms with van der Waals surface area (Å²) >= 11 is 0. The van der Waals surface area contributed by atoms with E-state index in [4.69, 9.17) is 0 Å². The van der Waals surface area contributed by atoms with Crippen LogP contribution in [-0.2, 0) is 11.2 Å². The maximum absolute atomic E-state index is 12.3. The Morgan fingerprint density at radius 3 is 2.71 bits per heavy atom. The highest BCUT2D eigenvalue weighted by Gasteiger charge is 2.49. The van der Waals surface area contributed by atoms with Gasteiger partial charge in [0.2, 0.25) is 0 Å². The molecule has 3 heteroatoms. The van der Waals surface area contributed by atoms with Crippen molar-refractivity contribution in [3.05, 3.63) is 28.3 Å². The maximum Gasteiger partial charge on any atom is 0.154 e. The fraction of sp³-hybridized carbons (Fsp3) is 0.619. The summed E-state index contributed by atoms with van der Waals surface area (Å²) < 4.78 is 0. The molecule has 3 rings (SSSR count). The van der Waals surface area contributed by atoms with Gasteiger partial charge in [-0.05, 0) is 74.0 Å². The van der Waals surface area contributed by atoms with E-state index in [9.17, 15) is 14.7 Å². The Bertz CT molecular complexity index is 691. The smallest absolute Gasteiger partial charge is 0.154 e. The fourth-order valence-electron chi connectivity index (χ4n) is 5.53. The van der Waals surface area contributed by atoms with Gasteiger partial charge in [0.25, 0.3) is 0 Å². The van der Waals surface area contributed by atoms with Gasteiger partial charge in [0, 0.05) is 5.41 Å². The lowest BCUT2D eigenvalue weighted by Gasteiger charge is -2.51. The number of carbonyl (C=O) groups is 2. The van der Waals surface area contributed by atoms with Crippen LogP contribution in [-0.4, -0.2) is 17.2 Å². The van der Waals surface area contributed by atoms with Crippen LogP contribution in [0.1, 0.15) is 79.4 Å². The summed E-state index contributed by atoms with van der Waals surface area (Å²) in [6, 6.07) is 2.08. The van der Waals surface area contributed by atoms with E-state index in [1.54, 1.807) is 6.92 Å². The van der Waals surface area contributed by atoms with Crippen molar-refractivity contribution in [1.29, 1.82) is 0 Å². The molecular formula is C21H28O3. The Labute approximate surface area is 144 Å². The minimum Gasteiger partial charge on any atom is -0.507 e. The zero-order valence-electron chi connectivity index (χ0n) is 15.2. The number of phenolic OH excluding ortho intramolecular Hbond substituents is 1. The van der Waals surface area contributed by atoms with E-state index in [2.05, 4.69) is 19.9 Å². The molecule has 24 heavy (non-hydrogen) atoms. The van der Waals surface area contributed by atoms with E-state index in [1.807, 2.05) is 6.92 Å². The molecule has 0 heterocycles. The number of hydrogen-bond acceptors (Lipinski definition) is 3. The van der Waals surface area contributed by atoms with E-state index in [-0.39, 0.29) is 11.2 Å². The molecule has 0 spiro atoms. The molecule has 0 saturated heterocycles. The minimum atomic E-state index is -0.215. The number of carbonyl (C=O) groups excluding carboxylic acids is 2. The Kier molecular flexibility index (Phi) is 4.31. The third-order valence-corrected chi connectivity index (χ3v) is 6.99. The number of aldehydes is 1. The zero-order chi connectivity index (χ0) is 17.6. The quantitative estimate of drug-likeness (QED) is 0.827. The Morgan fingerprint density at radius 1 is 1.42 bits per heavy atom. The monoisotopic (exact) mass is 328 g/mol. The molecule has 0 aromatic heterocycles. The van der Waals surface area contributed by atoms with E-state index < -0.39 is 0 Å². The van der Waals surface area contributed by atoms with Gasteiger partial charge in [0.05, 0.1) is 5.56 Å². The molecule has 2 aliphatic rings. The third kappa shape index (κ3) is 2.32. The average molecular weight is 328 g/mol. The van der Waals surface area contributed by atoms with Gasteiger partial charge in [-0.2, -0.15) is 0 Å². The second-order valence-corrected chi connectivity index (χ2v) is 7.98. The lowest BCUT2D eigenvalue weighted by atomic mass is 9.52. The number of benzene rings is 1. The number of aryl methyl sites for hydroxylation is 1. The van der Waals surface area contributed by atoms with E-state index >= 15 is 0 Å². The number of rotatable bonds is 3. The van der Waals surface area contributed by atoms with Crippen LogP contribution in [0, 0.1) is 24.2 Å². The summed E-state index contributed by atoms with van der Waals surface area (Å²) in [6.45, 7) is 7.95. The highest BCUT2D eigenvalue weighted by atomic mass is 16.3. The molecule has 0 amide bonds. The lowest BCUT2D eigenvalue weighted by molar-refractivity contribution is -0.133. The summed E-state index contributed by atoms with van der Waals surface area (Å²) in [5.74, 6) is 1.75. The van der Waals surface area contributed by atoms with E-state index in [0.717, 1.165) is 49.5 Å². The average Bonchev–Trinajstić information content (AvgIpc) is 2.55. The summed E-state index contributed by atoms with van der Waals surface area (Å²) in [4.78, 5) is 23.8. The normalized spacial score (nSPS) is 31.9. The van der Waals surface area contributed by atoms with Gasteiger partial charge in [-0.1, -0.05) is 26.3 Å². The molecule has 1 aromatic rings. The Balaban J connectivity index is 2.08. The summed E-state index contributed by atoms with van der Waals surface area (Å²) in [5.41, 5.74) is 3.33. The first-order valence-electron chi connectivity index (χ1n) is 9.16. The number of hydrogen-bond donors (Lipinski definition) is 1. The molecule has 0 radical (unpaired) electrons. The van der Waals surface area contributed by atoms with Crippen molar-refractivity contribution in [2.45, 2.75) is 65.7 Å². The fourth-order valence-corrected chi connectivity index (χ4v) is 5.53. The molecule has 4 atom stereocenters. The van der Waals surface area contributed by atoms with Crippen molar-refractivity contribution in [1.82, 2.24) is 0 Å². The third-order valence-electron chi connectivity index (χ3n) is 6.99. The SMILES string of the molecule is CCC1C2CCc3c(cc(C)c(O)c3C=O)C2CCC1(C)C(C)=O. The highest BCUT2D eigenvalue weighted by Crippen LogP contribution is 2.56. The number of aromatic hydroxyl groups is 1. The van der Waals surface area contributed by atoms with E-state index in [1.165, 1.54) is 5.56 Å². The lowest BCUT2D eigenvalue weighted by Crippen LogP contribution is -2.46. The van der Waals surface area contributed by atoms with Crippen LogP contribution in [0.5, 0.6) is 5.75 Å². The summed E-state index contributed by atoms with van der Waals surface area (Å²) in [5, 5.41) is 10.2. The van der Waals surface area contributed by atoms with E-state index in [0.29, 0.717) is 29.1 Å². The summed E-state index contributed by atoms with van der Waals surface area (Å²) in [6.07, 6.45) is 5.56. The van der Waals surface area contributed by atoms with Crippen LogP contribution in [0.25, 0.3) is 0 Å². The van der Waals surface area contributed by atoms with Crippen LogP contribution in [0.15, 0.2) is 6.07 Å². The topological polar surface area (TPSA) is 54.4 Å². The molecule has 4 unspecified atom stereocenters. The Hall–Kier alpha value is -1.64. The molecule has 1 saturated carbocycles. The van der Waals surface area contributed by atoms with Crippen LogP contribution < -0.4 is 0 Å². The van der Waals surface area contributed by atoms with Crippen LogP contribution in [0.4, 0.5) is 0 Å². The molecule has 3 nitrogen and oxygen atoms in total. The largest absolute Gasteiger partial charge is 0.507 e.